The van der Waals surface area contributed by atoms with E-state index in [0.29, 0.717) is 30.2 Å². The van der Waals surface area contributed by atoms with E-state index in [1.54, 1.807) is 6.20 Å². The van der Waals surface area contributed by atoms with E-state index in [4.69, 9.17) is 0 Å². The van der Waals surface area contributed by atoms with Gasteiger partial charge in [-0.05, 0) is 37.5 Å². The molecule has 6 nitrogen and oxygen atoms in total. The number of rotatable bonds is 4. The number of benzene rings is 1. The highest BCUT2D eigenvalue weighted by molar-refractivity contribution is 5.79. The Balaban J connectivity index is 1.51. The van der Waals surface area contributed by atoms with Crippen LogP contribution in [0.1, 0.15) is 35.7 Å². The van der Waals surface area contributed by atoms with Crippen LogP contribution >= 0.6 is 0 Å². The first kappa shape index (κ1) is 19.1. The second-order valence-electron chi connectivity index (χ2n) is 7.57. The van der Waals surface area contributed by atoms with E-state index in [2.05, 4.69) is 15.0 Å². The van der Waals surface area contributed by atoms with E-state index >= 15 is 0 Å². The molecular formula is C23H24N4O2. The predicted molar refractivity (Wildman–Crippen MR) is 112 cm³/mol. The number of carbonyl (C=O) groups is 1. The van der Waals surface area contributed by atoms with E-state index in [1.165, 1.54) is 11.6 Å². The number of amides is 1. The van der Waals surface area contributed by atoms with Gasteiger partial charge in [0.2, 0.25) is 5.91 Å². The van der Waals surface area contributed by atoms with Gasteiger partial charge in [-0.25, -0.2) is 4.98 Å². The molecule has 2 aromatic heterocycles. The van der Waals surface area contributed by atoms with E-state index in [0.717, 1.165) is 24.9 Å². The first-order valence-electron chi connectivity index (χ1n) is 9.94. The molecule has 1 fully saturated rings. The standard InChI is InChI=1S/C23H24N4O2/c1-16-7-9-17(10-8-16)13-22(29)27-12-4-5-18(15-27)23-25-20(14-21(28)26-23)19-6-2-3-11-24-19/h2-3,6-11,14,18H,4-5,12-13,15H2,1H3,(H,25,26,28)/t18-/m0/s1. The van der Waals surface area contributed by atoms with Crippen LogP contribution in [0.4, 0.5) is 0 Å². The minimum absolute atomic E-state index is 0.0158. The van der Waals surface area contributed by atoms with Gasteiger partial charge in [-0.1, -0.05) is 35.9 Å². The maximum atomic E-state index is 12.8. The Bertz CT molecular complexity index is 1040. The molecule has 0 aliphatic carbocycles. The molecule has 29 heavy (non-hydrogen) atoms. The number of likely N-dealkylation sites (tertiary alicyclic amines) is 1. The van der Waals surface area contributed by atoms with Crippen LogP contribution in [0.2, 0.25) is 0 Å². The summed E-state index contributed by atoms with van der Waals surface area (Å²) in [7, 11) is 0. The van der Waals surface area contributed by atoms with E-state index in [-0.39, 0.29) is 17.4 Å². The zero-order valence-electron chi connectivity index (χ0n) is 16.5. The van der Waals surface area contributed by atoms with Gasteiger partial charge in [-0.2, -0.15) is 0 Å². The van der Waals surface area contributed by atoms with Crippen LogP contribution < -0.4 is 5.56 Å². The second-order valence-corrected chi connectivity index (χ2v) is 7.57. The van der Waals surface area contributed by atoms with Crippen LogP contribution in [0.3, 0.4) is 0 Å². The van der Waals surface area contributed by atoms with Crippen molar-refractivity contribution < 1.29 is 4.79 Å². The van der Waals surface area contributed by atoms with Gasteiger partial charge >= 0.3 is 0 Å². The van der Waals surface area contributed by atoms with Crippen LogP contribution in [0, 0.1) is 6.92 Å². The van der Waals surface area contributed by atoms with Crippen molar-refractivity contribution in [2.75, 3.05) is 13.1 Å². The molecule has 148 valence electrons. The summed E-state index contributed by atoms with van der Waals surface area (Å²) in [5.74, 6) is 0.759. The molecule has 3 heterocycles. The Morgan fingerprint density at radius 3 is 2.76 bits per heavy atom. The lowest BCUT2D eigenvalue weighted by Gasteiger charge is -2.32. The molecule has 1 aliphatic rings. The van der Waals surface area contributed by atoms with Gasteiger partial charge in [0.15, 0.2) is 0 Å². The number of nitrogens with one attached hydrogen (secondary N) is 1. The minimum atomic E-state index is -0.196. The maximum absolute atomic E-state index is 12.8. The van der Waals surface area contributed by atoms with E-state index < -0.39 is 0 Å². The second kappa shape index (κ2) is 8.39. The fraction of sp³-hybridized carbons (Fsp3) is 0.304. The molecule has 1 aliphatic heterocycles. The molecule has 4 rings (SSSR count). The van der Waals surface area contributed by atoms with Crippen LogP contribution in [0.15, 0.2) is 59.5 Å². The number of pyridine rings is 1. The highest BCUT2D eigenvalue weighted by Crippen LogP contribution is 2.25. The smallest absolute Gasteiger partial charge is 0.251 e. The summed E-state index contributed by atoms with van der Waals surface area (Å²) in [6.45, 7) is 3.35. The lowest BCUT2D eigenvalue weighted by Crippen LogP contribution is -2.40. The number of nitrogens with zero attached hydrogens (tertiary/aromatic N) is 3. The van der Waals surface area contributed by atoms with Crippen molar-refractivity contribution in [2.24, 2.45) is 0 Å². The number of piperidine rings is 1. The van der Waals surface area contributed by atoms with Gasteiger partial charge in [0, 0.05) is 31.3 Å². The quantitative estimate of drug-likeness (QED) is 0.745. The zero-order valence-corrected chi connectivity index (χ0v) is 16.5. The average molecular weight is 388 g/mol. The van der Waals surface area contributed by atoms with Crippen molar-refractivity contribution in [3.05, 3.63) is 82.0 Å². The SMILES string of the molecule is Cc1ccc(CC(=O)N2CCC[C@H](c3nc(-c4ccccn4)cc(=O)[nH]3)C2)cc1. The summed E-state index contributed by atoms with van der Waals surface area (Å²) in [5.41, 5.74) is 3.24. The Morgan fingerprint density at radius 2 is 2.00 bits per heavy atom. The number of hydrogen-bond donors (Lipinski definition) is 1. The van der Waals surface area contributed by atoms with E-state index in [9.17, 15) is 9.59 Å². The molecule has 0 bridgehead atoms. The van der Waals surface area contributed by atoms with Crippen LogP contribution in [0.5, 0.6) is 0 Å². The Morgan fingerprint density at radius 1 is 1.17 bits per heavy atom. The van der Waals surface area contributed by atoms with Crippen molar-refractivity contribution in [2.45, 2.75) is 32.1 Å². The first-order valence-corrected chi connectivity index (χ1v) is 9.94. The summed E-state index contributed by atoms with van der Waals surface area (Å²) in [4.78, 5) is 38.7. The molecule has 1 saturated heterocycles. The molecule has 0 unspecified atom stereocenters. The normalized spacial score (nSPS) is 16.6. The number of aryl methyl sites for hydroxylation is 1. The lowest BCUT2D eigenvalue weighted by atomic mass is 9.96. The highest BCUT2D eigenvalue weighted by Gasteiger charge is 2.26. The third kappa shape index (κ3) is 4.59. The first-order chi connectivity index (χ1) is 14.1. The van der Waals surface area contributed by atoms with Crippen LogP contribution in [0.25, 0.3) is 11.4 Å². The van der Waals surface area contributed by atoms with Gasteiger partial charge < -0.3 is 9.88 Å². The van der Waals surface area contributed by atoms with Crippen molar-refractivity contribution in [1.82, 2.24) is 19.9 Å². The Kier molecular flexibility index (Phi) is 5.51. The van der Waals surface area contributed by atoms with E-state index in [1.807, 2.05) is 54.3 Å². The van der Waals surface area contributed by atoms with Crippen LogP contribution in [-0.4, -0.2) is 38.8 Å². The van der Waals surface area contributed by atoms with Gasteiger partial charge in [-0.15, -0.1) is 0 Å². The molecule has 1 amide bonds. The number of hydrogen-bond acceptors (Lipinski definition) is 4. The van der Waals surface area contributed by atoms with Gasteiger partial charge in [0.25, 0.3) is 5.56 Å². The van der Waals surface area contributed by atoms with Crippen LogP contribution in [-0.2, 0) is 11.2 Å². The van der Waals surface area contributed by atoms with Crippen molar-refractivity contribution in [1.29, 1.82) is 0 Å². The fourth-order valence-corrected chi connectivity index (χ4v) is 3.73. The molecule has 1 N–H and O–H groups in total. The molecule has 1 atom stereocenters. The fourth-order valence-electron chi connectivity index (χ4n) is 3.73. The number of H-pyrrole nitrogens is 1. The highest BCUT2D eigenvalue weighted by atomic mass is 16.2. The zero-order chi connectivity index (χ0) is 20.2. The maximum Gasteiger partial charge on any atom is 0.251 e. The number of aromatic amines is 1. The molecule has 0 radical (unpaired) electrons. The monoisotopic (exact) mass is 388 g/mol. The van der Waals surface area contributed by atoms with Gasteiger partial charge in [0.1, 0.15) is 5.82 Å². The predicted octanol–water partition coefficient (Wildman–Crippen LogP) is 3.09. The number of aromatic nitrogens is 3. The summed E-state index contributed by atoms with van der Waals surface area (Å²) >= 11 is 0. The topological polar surface area (TPSA) is 79.0 Å². The Labute approximate surface area is 169 Å². The molecular weight excluding hydrogens is 364 g/mol. The molecule has 1 aromatic carbocycles. The number of carbonyl (C=O) groups excluding carboxylic acids is 1. The third-order valence-corrected chi connectivity index (χ3v) is 5.32. The summed E-state index contributed by atoms with van der Waals surface area (Å²) in [6.07, 6.45) is 3.86. The van der Waals surface area contributed by atoms with Gasteiger partial charge in [-0.3, -0.25) is 14.6 Å². The molecule has 0 spiro atoms. The summed E-state index contributed by atoms with van der Waals surface area (Å²) in [6, 6.07) is 15.1. The molecule has 0 saturated carbocycles. The average Bonchev–Trinajstić information content (AvgIpc) is 2.75. The van der Waals surface area contributed by atoms with Crippen molar-refractivity contribution in [3.63, 3.8) is 0 Å². The molecule has 6 heteroatoms. The third-order valence-electron chi connectivity index (χ3n) is 5.32. The Hall–Kier alpha value is -3.28. The largest absolute Gasteiger partial charge is 0.342 e. The summed E-state index contributed by atoms with van der Waals surface area (Å²) in [5, 5.41) is 0. The lowest BCUT2D eigenvalue weighted by molar-refractivity contribution is -0.131. The van der Waals surface area contributed by atoms with Crippen molar-refractivity contribution >= 4 is 5.91 Å². The molecule has 3 aromatic rings. The van der Waals surface area contributed by atoms with Crippen molar-refractivity contribution in [3.8, 4) is 11.4 Å². The summed E-state index contributed by atoms with van der Waals surface area (Å²) < 4.78 is 0. The minimum Gasteiger partial charge on any atom is -0.342 e. The van der Waals surface area contributed by atoms with Gasteiger partial charge in [0.05, 0.1) is 17.8 Å².